The van der Waals surface area contributed by atoms with Crippen LogP contribution in [0.15, 0.2) is 0 Å². The molecule has 23 heavy (non-hydrogen) atoms. The summed E-state index contributed by atoms with van der Waals surface area (Å²) in [5.74, 6) is 0. The molecule has 0 bridgehead atoms. The van der Waals surface area contributed by atoms with Crippen LogP contribution in [0.5, 0.6) is 0 Å². The van der Waals surface area contributed by atoms with Gasteiger partial charge in [-0.25, -0.2) is 0 Å². The Hall–Kier alpha value is -0.440. The average molecular weight is 342 g/mol. The van der Waals surface area contributed by atoms with Crippen LogP contribution in [0.1, 0.15) is 0 Å². The van der Waals surface area contributed by atoms with Gasteiger partial charge in [0.05, 0.1) is 13.2 Å². The Labute approximate surface area is 130 Å². The average Bonchev–Trinajstić information content (AvgIpc) is 2.82. The van der Waals surface area contributed by atoms with Crippen molar-refractivity contribution in [1.82, 2.24) is 0 Å². The predicted octanol–water partition coefficient (Wildman–Crippen LogP) is -5.40. The van der Waals surface area contributed by atoms with Crippen LogP contribution in [0.25, 0.3) is 0 Å². The second kappa shape index (κ2) is 7.63. The summed E-state index contributed by atoms with van der Waals surface area (Å²) >= 11 is 0. The highest BCUT2D eigenvalue weighted by atomic mass is 16.7. The molecule has 2 heterocycles. The fourth-order valence-electron chi connectivity index (χ4n) is 2.58. The molecule has 10 atom stereocenters. The molecular formula is C12H22O11. The van der Waals surface area contributed by atoms with E-state index in [-0.39, 0.29) is 0 Å². The highest BCUT2D eigenvalue weighted by molar-refractivity contribution is 4.94. The van der Waals surface area contributed by atoms with Crippen LogP contribution in [0.2, 0.25) is 0 Å². The Bertz CT molecular complexity index is 380. The summed E-state index contributed by atoms with van der Waals surface area (Å²) in [5, 5.41) is 76.3. The Balaban J connectivity index is 2.11. The van der Waals surface area contributed by atoms with Gasteiger partial charge in [-0.3, -0.25) is 0 Å². The summed E-state index contributed by atoms with van der Waals surface area (Å²) in [7, 11) is 0. The maximum absolute atomic E-state index is 9.88. The van der Waals surface area contributed by atoms with Crippen LogP contribution in [-0.2, 0) is 14.2 Å². The zero-order valence-electron chi connectivity index (χ0n) is 12.0. The van der Waals surface area contributed by atoms with Crippen molar-refractivity contribution in [2.45, 2.75) is 61.4 Å². The third-order valence-corrected chi connectivity index (χ3v) is 3.96. The van der Waals surface area contributed by atoms with E-state index in [9.17, 15) is 30.6 Å². The van der Waals surface area contributed by atoms with E-state index < -0.39 is 74.6 Å². The fraction of sp³-hybridized carbons (Fsp3) is 1.00. The number of aliphatic hydroxyl groups is 8. The number of rotatable bonds is 5. The molecule has 11 nitrogen and oxygen atoms in total. The molecule has 0 aromatic heterocycles. The van der Waals surface area contributed by atoms with Gasteiger partial charge in [0.15, 0.2) is 12.6 Å². The lowest BCUT2D eigenvalue weighted by atomic mass is 9.99. The summed E-state index contributed by atoms with van der Waals surface area (Å²) < 4.78 is 15.3. The van der Waals surface area contributed by atoms with E-state index in [1.165, 1.54) is 0 Å². The molecule has 2 fully saturated rings. The minimum atomic E-state index is -1.72. The summed E-state index contributed by atoms with van der Waals surface area (Å²) in [5.41, 5.74) is 0. The minimum absolute atomic E-state index is 0.667. The molecule has 2 aliphatic rings. The maximum Gasteiger partial charge on any atom is 0.187 e. The number of ether oxygens (including phenoxy) is 3. The van der Waals surface area contributed by atoms with Crippen LogP contribution in [0, 0.1) is 0 Å². The first-order valence-electron chi connectivity index (χ1n) is 7.08. The van der Waals surface area contributed by atoms with Gasteiger partial charge in [0.2, 0.25) is 0 Å². The molecular weight excluding hydrogens is 320 g/mol. The number of aliphatic hydroxyl groups excluding tert-OH is 8. The third kappa shape index (κ3) is 3.65. The van der Waals surface area contributed by atoms with Crippen molar-refractivity contribution in [3.63, 3.8) is 0 Å². The lowest BCUT2D eigenvalue weighted by Gasteiger charge is -2.41. The lowest BCUT2D eigenvalue weighted by Crippen LogP contribution is -2.60. The van der Waals surface area contributed by atoms with Gasteiger partial charge in [-0.05, 0) is 0 Å². The standard InChI is InChI=1S/C12H22O11/c13-1-3(15)9-10(8(19)11(20)22-9)23-12-7(18)6(17)5(16)4(2-14)21-12/h3-20H,1-2H2/t3-,4-,5-,6+,7-,8-,9+,10-,11-,12-/m1/s1. The summed E-state index contributed by atoms with van der Waals surface area (Å²) in [6.45, 7) is -1.40. The number of hydrogen-bond acceptors (Lipinski definition) is 11. The Morgan fingerprint density at radius 2 is 1.52 bits per heavy atom. The fourth-order valence-corrected chi connectivity index (χ4v) is 2.58. The van der Waals surface area contributed by atoms with Gasteiger partial charge in [0, 0.05) is 0 Å². The zero-order valence-corrected chi connectivity index (χ0v) is 12.0. The van der Waals surface area contributed by atoms with Crippen LogP contribution < -0.4 is 0 Å². The predicted molar refractivity (Wildman–Crippen MR) is 68.6 cm³/mol. The van der Waals surface area contributed by atoms with E-state index >= 15 is 0 Å². The monoisotopic (exact) mass is 342 g/mol. The van der Waals surface area contributed by atoms with Gasteiger partial charge in [-0.15, -0.1) is 0 Å². The van der Waals surface area contributed by atoms with Gasteiger partial charge in [0.1, 0.15) is 48.8 Å². The minimum Gasteiger partial charge on any atom is -0.394 e. The molecule has 0 radical (unpaired) electrons. The highest BCUT2D eigenvalue weighted by Crippen LogP contribution is 2.30. The smallest absolute Gasteiger partial charge is 0.187 e. The van der Waals surface area contributed by atoms with Crippen LogP contribution >= 0.6 is 0 Å². The molecule has 0 amide bonds. The molecule has 0 saturated carbocycles. The van der Waals surface area contributed by atoms with Gasteiger partial charge < -0.3 is 55.1 Å². The Morgan fingerprint density at radius 1 is 0.870 bits per heavy atom. The maximum atomic E-state index is 9.88. The zero-order chi connectivity index (χ0) is 17.3. The molecule has 0 aliphatic carbocycles. The first-order chi connectivity index (χ1) is 10.8. The normalized spacial score (nSPS) is 49.3. The Kier molecular flexibility index (Phi) is 6.27. The molecule has 11 heteroatoms. The summed E-state index contributed by atoms with van der Waals surface area (Å²) in [6.07, 6.45) is -15.3. The third-order valence-electron chi connectivity index (χ3n) is 3.96. The van der Waals surface area contributed by atoms with Crippen molar-refractivity contribution in [3.8, 4) is 0 Å². The second-order valence-corrected chi connectivity index (χ2v) is 5.53. The molecule has 0 aromatic rings. The molecule has 2 aliphatic heterocycles. The first kappa shape index (κ1) is 18.9. The molecule has 2 rings (SSSR count). The molecule has 8 N–H and O–H groups in total. The van der Waals surface area contributed by atoms with E-state index in [2.05, 4.69) is 0 Å². The van der Waals surface area contributed by atoms with Gasteiger partial charge in [0.25, 0.3) is 0 Å². The van der Waals surface area contributed by atoms with E-state index in [1.54, 1.807) is 0 Å². The van der Waals surface area contributed by atoms with Gasteiger partial charge >= 0.3 is 0 Å². The second-order valence-electron chi connectivity index (χ2n) is 5.53. The summed E-state index contributed by atoms with van der Waals surface area (Å²) in [6, 6.07) is 0. The quantitative estimate of drug-likeness (QED) is 0.238. The molecule has 2 saturated heterocycles. The van der Waals surface area contributed by atoms with E-state index in [0.29, 0.717) is 0 Å². The molecule has 0 spiro atoms. The van der Waals surface area contributed by atoms with E-state index in [0.717, 1.165) is 0 Å². The van der Waals surface area contributed by atoms with Crippen LogP contribution in [-0.4, -0.2) is 115 Å². The van der Waals surface area contributed by atoms with E-state index in [4.69, 9.17) is 24.4 Å². The largest absolute Gasteiger partial charge is 0.394 e. The number of hydrogen-bond donors (Lipinski definition) is 8. The van der Waals surface area contributed by atoms with Crippen LogP contribution in [0.3, 0.4) is 0 Å². The molecule has 0 unspecified atom stereocenters. The van der Waals surface area contributed by atoms with Crippen molar-refractivity contribution in [2.75, 3.05) is 13.2 Å². The molecule has 136 valence electrons. The van der Waals surface area contributed by atoms with Gasteiger partial charge in [-0.2, -0.15) is 0 Å². The first-order valence-corrected chi connectivity index (χ1v) is 7.08. The highest BCUT2D eigenvalue weighted by Gasteiger charge is 2.51. The SMILES string of the molecule is OC[C@@H](O)[C@@H]1O[C@@H](O)[C@H](O)[C@H]1O[C@H]1O[C@H](CO)[C@@H](O)[C@H](O)[C@H]1O. The van der Waals surface area contributed by atoms with Crippen molar-refractivity contribution in [1.29, 1.82) is 0 Å². The van der Waals surface area contributed by atoms with Crippen LogP contribution in [0.4, 0.5) is 0 Å². The van der Waals surface area contributed by atoms with Crippen molar-refractivity contribution < 1.29 is 55.1 Å². The van der Waals surface area contributed by atoms with Gasteiger partial charge in [-0.1, -0.05) is 0 Å². The molecule has 0 aromatic carbocycles. The summed E-state index contributed by atoms with van der Waals surface area (Å²) in [4.78, 5) is 0. The van der Waals surface area contributed by atoms with Crippen molar-refractivity contribution >= 4 is 0 Å². The van der Waals surface area contributed by atoms with Crippen molar-refractivity contribution in [3.05, 3.63) is 0 Å². The topological polar surface area (TPSA) is 190 Å². The Morgan fingerprint density at radius 3 is 2.09 bits per heavy atom. The van der Waals surface area contributed by atoms with E-state index in [1.807, 2.05) is 0 Å². The lowest BCUT2D eigenvalue weighted by molar-refractivity contribution is -0.319. The van der Waals surface area contributed by atoms with Crippen molar-refractivity contribution in [2.24, 2.45) is 0 Å².